The molecule has 0 bridgehead atoms. The average molecular weight is 428 g/mol. The van der Waals surface area contributed by atoms with Crippen LogP contribution in [-0.4, -0.2) is 6.26 Å². The first-order chi connectivity index (χ1) is 8.93. The summed E-state index contributed by atoms with van der Waals surface area (Å²) >= 11 is 11.6. The lowest BCUT2D eigenvalue weighted by Gasteiger charge is -1.96. The molecule has 2 rings (SSSR count). The standard InChI is InChI=1S/C7H6BrFS.C6H4BrFS/c1-10-5-2-3-6(8)7(9)4-5;7-5-2-1-4(9)3-6(5)8/h2-4H,1H3;1-3,9H. The number of hydrogen-bond donors (Lipinski definition) is 1. The molecule has 0 spiro atoms. The van der Waals surface area contributed by atoms with Crippen molar-refractivity contribution in [3.63, 3.8) is 0 Å². The van der Waals surface area contributed by atoms with Crippen LogP contribution in [0.1, 0.15) is 0 Å². The predicted molar refractivity (Wildman–Crippen MR) is 87.2 cm³/mol. The third kappa shape index (κ3) is 5.85. The van der Waals surface area contributed by atoms with Crippen molar-refractivity contribution < 1.29 is 8.78 Å². The van der Waals surface area contributed by atoms with E-state index in [-0.39, 0.29) is 11.6 Å². The number of hydrogen-bond acceptors (Lipinski definition) is 2. The Bertz CT molecular complexity index is 562. The van der Waals surface area contributed by atoms with E-state index in [1.54, 1.807) is 18.2 Å². The first-order valence-corrected chi connectivity index (χ1v) is 8.33. The van der Waals surface area contributed by atoms with Gasteiger partial charge in [0.25, 0.3) is 0 Å². The molecule has 2 aromatic rings. The van der Waals surface area contributed by atoms with E-state index in [2.05, 4.69) is 44.5 Å². The molecule has 0 heterocycles. The molecule has 0 unspecified atom stereocenters. The summed E-state index contributed by atoms with van der Waals surface area (Å²) in [6.07, 6.45) is 1.92. The molecule has 19 heavy (non-hydrogen) atoms. The van der Waals surface area contributed by atoms with Crippen LogP contribution in [0.2, 0.25) is 0 Å². The van der Waals surface area contributed by atoms with E-state index in [0.29, 0.717) is 13.8 Å². The smallest absolute Gasteiger partial charge is 0.138 e. The minimum Gasteiger partial charge on any atom is -0.206 e. The van der Waals surface area contributed by atoms with Crippen LogP contribution in [-0.2, 0) is 0 Å². The van der Waals surface area contributed by atoms with Gasteiger partial charge in [-0.05, 0) is 74.5 Å². The largest absolute Gasteiger partial charge is 0.206 e. The van der Waals surface area contributed by atoms with E-state index in [1.165, 1.54) is 23.9 Å². The molecule has 0 amide bonds. The molecule has 2 aromatic carbocycles. The van der Waals surface area contributed by atoms with Crippen molar-refractivity contribution in [2.75, 3.05) is 6.26 Å². The first kappa shape index (κ1) is 17.0. The summed E-state index contributed by atoms with van der Waals surface area (Å²) in [7, 11) is 0. The molecule has 0 aliphatic carbocycles. The lowest BCUT2D eigenvalue weighted by molar-refractivity contribution is 0.617. The quantitative estimate of drug-likeness (QED) is 0.418. The molecule has 0 aliphatic rings. The van der Waals surface area contributed by atoms with Gasteiger partial charge in [-0.2, -0.15) is 0 Å². The minimum atomic E-state index is -0.275. The first-order valence-electron chi connectivity index (χ1n) is 5.07. The molecule has 0 nitrogen and oxygen atoms in total. The third-order valence-electron chi connectivity index (χ3n) is 2.03. The van der Waals surface area contributed by atoms with Crippen LogP contribution in [0.15, 0.2) is 55.1 Å². The molecule has 0 saturated carbocycles. The van der Waals surface area contributed by atoms with Crippen LogP contribution in [0.4, 0.5) is 8.78 Å². The average Bonchev–Trinajstić information content (AvgIpc) is 2.38. The van der Waals surface area contributed by atoms with Gasteiger partial charge in [-0.1, -0.05) is 0 Å². The highest BCUT2D eigenvalue weighted by molar-refractivity contribution is 9.10. The zero-order valence-electron chi connectivity index (χ0n) is 9.83. The summed E-state index contributed by atoms with van der Waals surface area (Å²) < 4.78 is 26.2. The van der Waals surface area contributed by atoms with E-state index in [0.717, 1.165) is 4.90 Å². The van der Waals surface area contributed by atoms with E-state index in [1.807, 2.05) is 12.3 Å². The normalized spacial score (nSPS) is 9.79. The second kappa shape index (κ2) is 8.29. The van der Waals surface area contributed by atoms with Crippen LogP contribution in [0.5, 0.6) is 0 Å². The van der Waals surface area contributed by atoms with E-state index in [9.17, 15) is 8.78 Å². The molecular weight excluding hydrogens is 418 g/mol. The predicted octanol–water partition coefficient (Wildman–Crippen LogP) is 6.19. The molecule has 0 saturated heterocycles. The van der Waals surface area contributed by atoms with Crippen molar-refractivity contribution in [3.8, 4) is 0 Å². The van der Waals surface area contributed by atoms with E-state index >= 15 is 0 Å². The summed E-state index contributed by atoms with van der Waals surface area (Å²) in [5, 5.41) is 0. The van der Waals surface area contributed by atoms with E-state index in [4.69, 9.17) is 0 Å². The second-order valence-corrected chi connectivity index (χ2v) is 6.48. The maximum Gasteiger partial charge on any atom is 0.138 e. The highest BCUT2D eigenvalue weighted by Gasteiger charge is 1.98. The van der Waals surface area contributed by atoms with Crippen LogP contribution in [0, 0.1) is 11.6 Å². The van der Waals surface area contributed by atoms with Crippen molar-refractivity contribution >= 4 is 56.3 Å². The summed E-state index contributed by atoms with van der Waals surface area (Å²) in [6, 6.07) is 9.79. The van der Waals surface area contributed by atoms with Gasteiger partial charge in [0.2, 0.25) is 0 Å². The Morgan fingerprint density at radius 3 is 1.89 bits per heavy atom. The van der Waals surface area contributed by atoms with Gasteiger partial charge in [0.05, 0.1) is 8.95 Å². The molecule has 0 atom stereocenters. The van der Waals surface area contributed by atoms with Crippen LogP contribution >= 0.6 is 56.3 Å². The highest BCUT2D eigenvalue weighted by atomic mass is 79.9. The Morgan fingerprint density at radius 2 is 1.47 bits per heavy atom. The number of halogens is 4. The molecule has 0 radical (unpaired) electrons. The highest BCUT2D eigenvalue weighted by Crippen LogP contribution is 2.21. The molecule has 102 valence electrons. The fourth-order valence-electron chi connectivity index (χ4n) is 1.09. The number of thioether (sulfide) groups is 1. The second-order valence-electron chi connectivity index (χ2n) is 3.38. The maximum absolute atomic E-state index is 12.7. The van der Waals surface area contributed by atoms with Crippen molar-refractivity contribution in [3.05, 3.63) is 57.0 Å². The van der Waals surface area contributed by atoms with Gasteiger partial charge in [0.15, 0.2) is 0 Å². The zero-order chi connectivity index (χ0) is 14.4. The van der Waals surface area contributed by atoms with Gasteiger partial charge in [-0.15, -0.1) is 24.4 Å². The Balaban J connectivity index is 0.000000191. The minimum absolute atomic E-state index is 0.202. The zero-order valence-corrected chi connectivity index (χ0v) is 14.7. The summed E-state index contributed by atoms with van der Waals surface area (Å²) in [5.41, 5.74) is 0. The maximum atomic E-state index is 12.7. The topological polar surface area (TPSA) is 0 Å². The van der Waals surface area contributed by atoms with Crippen molar-refractivity contribution in [1.29, 1.82) is 0 Å². The summed E-state index contributed by atoms with van der Waals surface area (Å²) in [6.45, 7) is 0. The van der Waals surface area contributed by atoms with Crippen LogP contribution in [0.3, 0.4) is 0 Å². The van der Waals surface area contributed by atoms with Gasteiger partial charge in [0.1, 0.15) is 11.6 Å². The van der Waals surface area contributed by atoms with Gasteiger partial charge in [0, 0.05) is 9.79 Å². The fraction of sp³-hybridized carbons (Fsp3) is 0.0769. The lowest BCUT2D eigenvalue weighted by Crippen LogP contribution is -1.76. The third-order valence-corrected chi connectivity index (χ3v) is 4.32. The molecule has 0 aliphatic heterocycles. The summed E-state index contributed by atoms with van der Waals surface area (Å²) in [4.78, 5) is 1.58. The number of benzene rings is 2. The lowest BCUT2D eigenvalue weighted by atomic mass is 10.3. The van der Waals surface area contributed by atoms with Crippen LogP contribution < -0.4 is 0 Å². The Labute approximate surface area is 137 Å². The fourth-order valence-corrected chi connectivity index (χ4v) is 2.20. The van der Waals surface area contributed by atoms with Crippen molar-refractivity contribution in [2.45, 2.75) is 9.79 Å². The molecular formula is C13H10Br2F2S2. The van der Waals surface area contributed by atoms with Crippen molar-refractivity contribution in [2.24, 2.45) is 0 Å². The molecule has 0 aromatic heterocycles. The van der Waals surface area contributed by atoms with Crippen molar-refractivity contribution in [1.82, 2.24) is 0 Å². The van der Waals surface area contributed by atoms with Crippen LogP contribution in [0.25, 0.3) is 0 Å². The van der Waals surface area contributed by atoms with Gasteiger partial charge in [-0.3, -0.25) is 0 Å². The monoisotopic (exact) mass is 426 g/mol. The molecule has 6 heteroatoms. The molecule has 0 N–H and O–H groups in total. The summed E-state index contributed by atoms with van der Waals surface area (Å²) in [5.74, 6) is -0.477. The Hall–Kier alpha value is -0.0400. The SMILES string of the molecule is CSc1ccc(Br)c(F)c1.Fc1cc(S)ccc1Br. The van der Waals surface area contributed by atoms with Gasteiger partial charge >= 0.3 is 0 Å². The van der Waals surface area contributed by atoms with E-state index < -0.39 is 0 Å². The molecule has 0 fully saturated rings. The Morgan fingerprint density at radius 1 is 0.947 bits per heavy atom. The van der Waals surface area contributed by atoms with Gasteiger partial charge < -0.3 is 0 Å². The Kier molecular flexibility index (Phi) is 7.42. The number of thiol groups is 1. The number of rotatable bonds is 1. The van der Waals surface area contributed by atoms with Gasteiger partial charge in [-0.25, -0.2) is 8.78 Å².